The van der Waals surface area contributed by atoms with Crippen molar-refractivity contribution in [3.63, 3.8) is 0 Å². The van der Waals surface area contributed by atoms with E-state index in [-0.39, 0.29) is 12.1 Å². The van der Waals surface area contributed by atoms with E-state index in [1.54, 1.807) is 7.11 Å². The number of rotatable bonds is 7. The van der Waals surface area contributed by atoms with Crippen molar-refractivity contribution in [3.05, 3.63) is 54.1 Å². The fraction of sp³-hybridized carbons (Fsp3) is 0.350. The minimum absolute atomic E-state index is 0.229. The third-order valence-electron chi connectivity index (χ3n) is 4.10. The smallest absolute Gasteiger partial charge is 0.338 e. The van der Waals surface area contributed by atoms with Gasteiger partial charge in [0, 0.05) is 5.56 Å². The van der Waals surface area contributed by atoms with Gasteiger partial charge in [-0.15, -0.1) is 0 Å². The quantitative estimate of drug-likeness (QED) is 0.436. The molecule has 0 bridgehead atoms. The van der Waals surface area contributed by atoms with E-state index in [1.807, 2.05) is 48.5 Å². The van der Waals surface area contributed by atoms with E-state index in [0.717, 1.165) is 35.3 Å². The molecule has 0 N–H and O–H groups in total. The van der Waals surface area contributed by atoms with E-state index in [1.165, 1.54) is 0 Å². The summed E-state index contributed by atoms with van der Waals surface area (Å²) in [5.74, 6) is 0.526. The molecule has 2 aromatic carbocycles. The van der Waals surface area contributed by atoms with E-state index in [2.05, 4.69) is 6.92 Å². The molecule has 0 amide bonds. The van der Waals surface area contributed by atoms with Crippen LogP contribution < -0.4 is 4.74 Å². The second-order valence-electron chi connectivity index (χ2n) is 5.82. The van der Waals surface area contributed by atoms with Gasteiger partial charge in [0.15, 0.2) is 6.10 Å². The van der Waals surface area contributed by atoms with Crippen LogP contribution in [0.4, 0.5) is 0 Å². The van der Waals surface area contributed by atoms with Crippen LogP contribution >= 0.6 is 0 Å². The van der Waals surface area contributed by atoms with E-state index in [4.69, 9.17) is 14.2 Å². The van der Waals surface area contributed by atoms with E-state index in [9.17, 15) is 4.79 Å². The van der Waals surface area contributed by atoms with Crippen molar-refractivity contribution in [2.45, 2.75) is 32.0 Å². The first-order chi connectivity index (χ1) is 11.7. The molecule has 2 unspecified atom stereocenters. The number of carbonyl (C=O) groups excluding carboxylic acids is 1. The minimum atomic E-state index is -0.487. The van der Waals surface area contributed by atoms with Crippen molar-refractivity contribution in [2.24, 2.45) is 0 Å². The number of unbranched alkanes of at least 4 members (excludes halogenated alkanes) is 1. The van der Waals surface area contributed by atoms with Gasteiger partial charge in [-0.2, -0.15) is 0 Å². The van der Waals surface area contributed by atoms with Gasteiger partial charge in [-0.3, -0.25) is 0 Å². The van der Waals surface area contributed by atoms with Gasteiger partial charge >= 0.3 is 5.97 Å². The van der Waals surface area contributed by atoms with Gasteiger partial charge < -0.3 is 14.2 Å². The monoisotopic (exact) mass is 326 g/mol. The van der Waals surface area contributed by atoms with Crippen molar-refractivity contribution in [2.75, 3.05) is 13.7 Å². The van der Waals surface area contributed by atoms with Crippen LogP contribution in [-0.4, -0.2) is 25.8 Å². The fourth-order valence-corrected chi connectivity index (χ4v) is 2.69. The molecule has 24 heavy (non-hydrogen) atoms. The highest BCUT2D eigenvalue weighted by molar-refractivity contribution is 5.79. The topological polar surface area (TPSA) is 48.1 Å². The van der Waals surface area contributed by atoms with Crippen molar-refractivity contribution < 1.29 is 19.0 Å². The summed E-state index contributed by atoms with van der Waals surface area (Å²) in [7, 11) is 1.66. The van der Waals surface area contributed by atoms with Gasteiger partial charge in [-0.25, -0.2) is 4.79 Å². The Hall–Kier alpha value is -2.33. The lowest BCUT2D eigenvalue weighted by atomic mass is 10.00. The molecule has 0 aliphatic carbocycles. The number of benzene rings is 2. The zero-order valence-corrected chi connectivity index (χ0v) is 14.0. The Morgan fingerprint density at radius 2 is 1.96 bits per heavy atom. The zero-order chi connectivity index (χ0) is 16.9. The Kier molecular flexibility index (Phi) is 5.16. The summed E-state index contributed by atoms with van der Waals surface area (Å²) in [5, 5.41) is 0. The molecule has 1 fully saturated rings. The molecular weight excluding hydrogens is 304 g/mol. The molecule has 2 aromatic rings. The van der Waals surface area contributed by atoms with Crippen molar-refractivity contribution in [1.29, 1.82) is 0 Å². The lowest BCUT2D eigenvalue weighted by molar-refractivity contribution is -0.145. The maximum atomic E-state index is 12.0. The van der Waals surface area contributed by atoms with Crippen molar-refractivity contribution in [1.82, 2.24) is 0 Å². The Bertz CT molecular complexity index is 696. The van der Waals surface area contributed by atoms with E-state index in [0.29, 0.717) is 6.61 Å². The molecule has 0 saturated carbocycles. The highest BCUT2D eigenvalue weighted by Gasteiger charge is 2.47. The third kappa shape index (κ3) is 3.60. The number of ether oxygens (including phenoxy) is 3. The Morgan fingerprint density at radius 1 is 1.17 bits per heavy atom. The van der Waals surface area contributed by atoms with Gasteiger partial charge in [0.1, 0.15) is 11.9 Å². The molecule has 3 rings (SSSR count). The highest BCUT2D eigenvalue weighted by Crippen LogP contribution is 2.42. The fourth-order valence-electron chi connectivity index (χ4n) is 2.69. The maximum absolute atomic E-state index is 12.0. The van der Waals surface area contributed by atoms with Crippen molar-refractivity contribution in [3.8, 4) is 16.9 Å². The molecule has 126 valence electrons. The Balaban J connectivity index is 1.75. The number of hydrogen-bond acceptors (Lipinski definition) is 4. The lowest BCUT2D eigenvalue weighted by Crippen LogP contribution is -2.13. The SMILES string of the molecule is CCCCOC(=O)C1OC1c1ccc(OC)c(-c2ccccc2)c1. The molecular formula is C20H22O4. The molecule has 0 spiro atoms. The number of epoxide rings is 1. The Morgan fingerprint density at radius 3 is 2.67 bits per heavy atom. The average molecular weight is 326 g/mol. The van der Waals surface area contributed by atoms with Gasteiger partial charge in [-0.1, -0.05) is 49.7 Å². The molecule has 1 aliphatic heterocycles. The standard InChI is InChI=1S/C20H22O4/c1-3-4-12-23-20(21)19-18(24-19)15-10-11-17(22-2)16(13-15)14-8-6-5-7-9-14/h5-11,13,18-19H,3-4,12H2,1-2H3. The molecule has 1 saturated heterocycles. The first-order valence-electron chi connectivity index (χ1n) is 8.30. The summed E-state index contributed by atoms with van der Waals surface area (Å²) < 4.78 is 16.2. The molecule has 0 aromatic heterocycles. The highest BCUT2D eigenvalue weighted by atomic mass is 16.6. The summed E-state index contributed by atoms with van der Waals surface area (Å²) >= 11 is 0. The average Bonchev–Trinajstić information content (AvgIpc) is 3.43. The van der Waals surface area contributed by atoms with Gasteiger partial charge in [-0.05, 0) is 29.7 Å². The predicted molar refractivity (Wildman–Crippen MR) is 91.9 cm³/mol. The second-order valence-corrected chi connectivity index (χ2v) is 5.82. The summed E-state index contributed by atoms with van der Waals surface area (Å²) in [4.78, 5) is 12.0. The number of esters is 1. The van der Waals surface area contributed by atoms with Gasteiger partial charge in [0.05, 0.1) is 13.7 Å². The molecule has 4 nitrogen and oxygen atoms in total. The van der Waals surface area contributed by atoms with Crippen LogP contribution in [0.25, 0.3) is 11.1 Å². The normalized spacial score (nSPS) is 18.9. The lowest BCUT2D eigenvalue weighted by Gasteiger charge is -2.10. The van der Waals surface area contributed by atoms with Crippen molar-refractivity contribution >= 4 is 5.97 Å². The first kappa shape index (κ1) is 16.5. The third-order valence-corrected chi connectivity index (χ3v) is 4.10. The van der Waals surface area contributed by atoms with Crippen LogP contribution in [0.1, 0.15) is 31.4 Å². The number of hydrogen-bond donors (Lipinski definition) is 0. The van der Waals surface area contributed by atoms with Crippen LogP contribution in [0.5, 0.6) is 5.75 Å². The molecule has 0 radical (unpaired) electrons. The zero-order valence-electron chi connectivity index (χ0n) is 14.0. The van der Waals surface area contributed by atoms with E-state index < -0.39 is 6.10 Å². The minimum Gasteiger partial charge on any atom is -0.496 e. The van der Waals surface area contributed by atoms with Gasteiger partial charge in [0.2, 0.25) is 0 Å². The summed E-state index contributed by atoms with van der Waals surface area (Å²) in [6.07, 6.45) is 1.16. The molecule has 1 aliphatic rings. The van der Waals surface area contributed by atoms with Crippen LogP contribution in [0.15, 0.2) is 48.5 Å². The molecule has 4 heteroatoms. The first-order valence-corrected chi connectivity index (χ1v) is 8.30. The summed E-state index contributed by atoms with van der Waals surface area (Å²) in [6.45, 7) is 2.52. The summed E-state index contributed by atoms with van der Waals surface area (Å²) in [5.41, 5.74) is 3.02. The predicted octanol–water partition coefficient (Wildman–Crippen LogP) is 4.15. The van der Waals surface area contributed by atoms with Crippen LogP contribution in [0.2, 0.25) is 0 Å². The van der Waals surface area contributed by atoms with E-state index >= 15 is 0 Å². The Labute approximate surface area is 142 Å². The van der Waals surface area contributed by atoms with Crippen LogP contribution in [0.3, 0.4) is 0 Å². The largest absolute Gasteiger partial charge is 0.496 e. The van der Waals surface area contributed by atoms with Crippen LogP contribution in [0, 0.1) is 0 Å². The number of methoxy groups -OCH3 is 1. The van der Waals surface area contributed by atoms with Crippen LogP contribution in [-0.2, 0) is 14.3 Å². The number of carbonyl (C=O) groups is 1. The second kappa shape index (κ2) is 7.49. The molecule has 1 heterocycles. The van der Waals surface area contributed by atoms with Gasteiger partial charge in [0.25, 0.3) is 0 Å². The maximum Gasteiger partial charge on any atom is 0.338 e. The molecule has 2 atom stereocenters. The summed E-state index contributed by atoms with van der Waals surface area (Å²) in [6, 6.07) is 15.9.